The third kappa shape index (κ3) is 3.84. The second-order valence-corrected chi connectivity index (χ2v) is 15.7. The topological polar surface area (TPSA) is 0 Å². The third-order valence-electron chi connectivity index (χ3n) is 6.39. The van der Waals surface area contributed by atoms with E-state index < -0.39 is 22.8 Å². The molecule has 4 rings (SSSR count). The molecule has 2 aliphatic rings. The first kappa shape index (κ1) is 21.9. The summed E-state index contributed by atoms with van der Waals surface area (Å²) in [6.45, 7) is 18.8. The Bertz CT molecular complexity index is 1090. The molecule has 1 unspecified atom stereocenters. The van der Waals surface area contributed by atoms with E-state index in [0.29, 0.717) is 3.63 Å². The first-order chi connectivity index (χ1) is 14.0. The molecule has 0 amide bonds. The van der Waals surface area contributed by atoms with Crippen LogP contribution in [0.25, 0.3) is 16.7 Å². The van der Waals surface area contributed by atoms with E-state index in [0.717, 1.165) is 6.42 Å². The average molecular weight is 475 g/mol. The van der Waals surface area contributed by atoms with Crippen LogP contribution in [0.4, 0.5) is 0 Å². The quantitative estimate of drug-likeness (QED) is 0.414. The van der Waals surface area contributed by atoms with Crippen molar-refractivity contribution < 1.29 is 22.8 Å². The summed E-state index contributed by atoms with van der Waals surface area (Å²) in [4.78, 5) is 0. The Morgan fingerprint density at radius 1 is 0.900 bits per heavy atom. The Balaban J connectivity index is 2.05. The first-order valence-electron chi connectivity index (χ1n) is 11.2. The zero-order valence-corrected chi connectivity index (χ0v) is 22.4. The summed E-state index contributed by atoms with van der Waals surface area (Å²) < 4.78 is 2.29. The molecule has 0 aliphatic heterocycles. The van der Waals surface area contributed by atoms with Crippen LogP contribution in [0.15, 0.2) is 48.6 Å². The summed E-state index contributed by atoms with van der Waals surface area (Å²) in [6.07, 6.45) is 7.98. The monoisotopic (exact) mass is 473 g/mol. The second kappa shape index (κ2) is 7.67. The Morgan fingerprint density at radius 2 is 1.60 bits per heavy atom. The number of hydrogen-bond donors (Lipinski definition) is 0. The maximum atomic E-state index is 2.55. The first-order valence-corrected chi connectivity index (χ1v) is 13.9. The molecule has 0 heterocycles. The van der Waals surface area contributed by atoms with E-state index in [1.54, 1.807) is 19.9 Å². The molecule has 1 heteroatoms. The van der Waals surface area contributed by atoms with Crippen LogP contribution in [0, 0.1) is 0 Å². The minimum absolute atomic E-state index is 0.139. The second-order valence-electron chi connectivity index (χ2n) is 11.2. The molecule has 0 nitrogen and oxygen atoms in total. The van der Waals surface area contributed by atoms with Crippen molar-refractivity contribution in [3.05, 3.63) is 76.4 Å². The Labute approximate surface area is 194 Å². The van der Waals surface area contributed by atoms with Gasteiger partial charge in [-0.05, 0) is 0 Å². The van der Waals surface area contributed by atoms with Gasteiger partial charge in [0.05, 0.1) is 0 Å². The Kier molecular flexibility index (Phi) is 5.59. The molecule has 0 bridgehead atoms. The van der Waals surface area contributed by atoms with Gasteiger partial charge >= 0.3 is 195 Å². The van der Waals surface area contributed by atoms with Crippen LogP contribution in [0.1, 0.15) is 93.3 Å². The van der Waals surface area contributed by atoms with Crippen molar-refractivity contribution in [1.82, 2.24) is 0 Å². The van der Waals surface area contributed by atoms with E-state index in [9.17, 15) is 0 Å². The van der Waals surface area contributed by atoms with Gasteiger partial charge in [-0.25, -0.2) is 0 Å². The van der Waals surface area contributed by atoms with E-state index in [4.69, 9.17) is 0 Å². The predicted molar refractivity (Wildman–Crippen MR) is 129 cm³/mol. The van der Waals surface area contributed by atoms with Crippen LogP contribution < -0.4 is 0 Å². The summed E-state index contributed by atoms with van der Waals surface area (Å²) >= 11 is -0.733. The van der Waals surface area contributed by atoms with Crippen LogP contribution in [-0.2, 0) is 33.6 Å². The fraction of sp³-hybridized carbons (Fsp3) is 0.414. The van der Waals surface area contributed by atoms with Crippen molar-refractivity contribution in [3.8, 4) is 11.1 Å². The van der Waals surface area contributed by atoms with Gasteiger partial charge in [0.2, 0.25) is 0 Å². The van der Waals surface area contributed by atoms with Gasteiger partial charge in [0, 0.05) is 0 Å². The number of benzene rings is 2. The molecule has 0 radical (unpaired) electrons. The summed E-state index contributed by atoms with van der Waals surface area (Å²) in [5.74, 6) is 0. The van der Waals surface area contributed by atoms with Crippen molar-refractivity contribution in [2.24, 2.45) is 0 Å². The van der Waals surface area contributed by atoms with Gasteiger partial charge in [0.15, 0.2) is 0 Å². The van der Waals surface area contributed by atoms with Gasteiger partial charge in [0.25, 0.3) is 0 Å². The number of rotatable bonds is 2. The maximum absolute atomic E-state index is 2.55. The van der Waals surface area contributed by atoms with Crippen LogP contribution in [-0.4, -0.2) is 3.21 Å². The van der Waals surface area contributed by atoms with Crippen molar-refractivity contribution in [2.45, 2.75) is 76.3 Å². The van der Waals surface area contributed by atoms with Gasteiger partial charge in [-0.1, -0.05) is 0 Å². The van der Waals surface area contributed by atoms with Crippen molar-refractivity contribution in [2.75, 3.05) is 0 Å². The van der Waals surface area contributed by atoms with Gasteiger partial charge in [0.1, 0.15) is 0 Å². The molecule has 0 fully saturated rings. The molecule has 30 heavy (non-hydrogen) atoms. The van der Waals surface area contributed by atoms with Crippen LogP contribution >= 0.6 is 0 Å². The van der Waals surface area contributed by atoms with Crippen molar-refractivity contribution in [3.63, 3.8) is 0 Å². The Hall–Kier alpha value is -1.33. The van der Waals surface area contributed by atoms with E-state index >= 15 is 0 Å². The van der Waals surface area contributed by atoms with E-state index in [1.165, 1.54) is 27.8 Å². The zero-order valence-electron chi connectivity index (χ0n) is 19.9. The molecule has 0 saturated carbocycles. The minimum atomic E-state index is -0.733. The predicted octanol–water partition coefficient (Wildman–Crippen LogP) is 7.99. The molecule has 1 atom stereocenters. The van der Waals surface area contributed by atoms with Crippen molar-refractivity contribution in [1.29, 1.82) is 0 Å². The van der Waals surface area contributed by atoms with E-state index in [-0.39, 0.29) is 10.8 Å². The number of hydrogen-bond acceptors (Lipinski definition) is 0. The number of fused-ring (bicyclic) bond motifs is 3. The fourth-order valence-corrected chi connectivity index (χ4v) is 8.35. The van der Waals surface area contributed by atoms with Crippen LogP contribution in [0.2, 0.25) is 0 Å². The molecular formula is C29H35Zr. The van der Waals surface area contributed by atoms with Crippen LogP contribution in [0.5, 0.6) is 0 Å². The zero-order chi connectivity index (χ0) is 21.8. The molecule has 2 aromatic carbocycles. The van der Waals surface area contributed by atoms with Gasteiger partial charge in [-0.2, -0.15) is 0 Å². The van der Waals surface area contributed by atoms with Crippen molar-refractivity contribution >= 4 is 8.78 Å². The van der Waals surface area contributed by atoms with E-state index in [1.807, 2.05) is 0 Å². The molecule has 2 aromatic rings. The molecule has 0 aromatic heterocycles. The molecule has 0 saturated heterocycles. The summed E-state index contributed by atoms with van der Waals surface area (Å²) in [6, 6.07) is 12.2. The van der Waals surface area contributed by atoms with Gasteiger partial charge in [-0.3, -0.25) is 0 Å². The molecule has 155 valence electrons. The summed E-state index contributed by atoms with van der Waals surface area (Å²) in [5.41, 5.74) is 12.6. The van der Waals surface area contributed by atoms with E-state index in [2.05, 4.69) is 104 Å². The summed E-state index contributed by atoms with van der Waals surface area (Å²) in [5, 5.41) is 0. The number of allylic oxidation sites excluding steroid dienone is 4. The molecule has 0 spiro atoms. The molecule has 0 N–H and O–H groups in total. The molecular weight excluding hydrogens is 440 g/mol. The van der Waals surface area contributed by atoms with Crippen LogP contribution in [0.3, 0.4) is 0 Å². The fourth-order valence-electron chi connectivity index (χ4n) is 4.87. The molecule has 2 aliphatic carbocycles. The summed E-state index contributed by atoms with van der Waals surface area (Å²) in [7, 11) is 0. The van der Waals surface area contributed by atoms with Gasteiger partial charge < -0.3 is 0 Å². The Morgan fingerprint density at radius 3 is 2.17 bits per heavy atom. The van der Waals surface area contributed by atoms with Gasteiger partial charge in [-0.15, -0.1) is 0 Å². The third-order valence-corrected chi connectivity index (χ3v) is 9.99. The average Bonchev–Trinajstić information content (AvgIpc) is 3.26. The normalized spacial score (nSPS) is 17.5. The standard InChI is InChI=1S/C26H29.C3H6.Zr/c1-25(2,3)19-11-12-20-18(15-19)16-22-21(20)13-14-23(26(4,5)6)24(22)17-9-7-8-10-17;1-3-2;/h7-9,11-16H,10H2,1-6H3;1-2H3;. The SMILES string of the molecule is C[C](C)=[Zr][CH]1c2cc(C(C)(C)C)ccc2-c2ccc(C(C)(C)C)c(C3=CC=CC3)c21.